The monoisotopic (exact) mass is 491 g/mol. The number of nitrogens with zero attached hydrogens (tertiary/aromatic N) is 4. The summed E-state index contributed by atoms with van der Waals surface area (Å²) in [5.74, 6) is 0.676. The molecule has 1 aromatic heterocycles. The van der Waals surface area contributed by atoms with Gasteiger partial charge in [0.05, 0.1) is 11.5 Å². The van der Waals surface area contributed by atoms with E-state index in [0.717, 1.165) is 22.4 Å². The molecule has 0 spiro atoms. The number of halogens is 1. The Morgan fingerprint density at radius 3 is 2.38 bits per heavy atom. The number of hydrogen-bond donors (Lipinski definition) is 2. The number of benzene rings is 3. The van der Waals surface area contributed by atoms with Gasteiger partial charge in [0.1, 0.15) is 5.75 Å². The molecular weight excluding hydrogens is 470 g/mol. The molecule has 1 amide bonds. The number of amides is 1. The van der Waals surface area contributed by atoms with E-state index in [-0.39, 0.29) is 17.4 Å². The summed E-state index contributed by atoms with van der Waals surface area (Å²) >= 11 is 7.34. The van der Waals surface area contributed by atoms with E-state index < -0.39 is 0 Å². The lowest BCUT2D eigenvalue weighted by molar-refractivity contribution is -0.118. The highest BCUT2D eigenvalue weighted by Gasteiger charge is 2.17. The van der Waals surface area contributed by atoms with E-state index in [4.69, 9.17) is 11.6 Å². The molecule has 7 nitrogen and oxygen atoms in total. The number of thioether (sulfide) groups is 1. The van der Waals surface area contributed by atoms with E-state index in [0.29, 0.717) is 21.7 Å². The lowest BCUT2D eigenvalue weighted by Crippen LogP contribution is -2.21. The highest BCUT2D eigenvalue weighted by Crippen LogP contribution is 2.28. The minimum Gasteiger partial charge on any atom is -0.508 e. The molecule has 172 valence electrons. The van der Waals surface area contributed by atoms with Crippen LogP contribution < -0.4 is 5.43 Å². The molecule has 0 fully saturated rings. The number of nitrogens with one attached hydrogen (secondary N) is 1. The molecule has 0 saturated carbocycles. The van der Waals surface area contributed by atoms with Crippen LogP contribution in [0.2, 0.25) is 5.02 Å². The summed E-state index contributed by atoms with van der Waals surface area (Å²) in [4.78, 5) is 12.5. The average Bonchev–Trinajstić information content (AvgIpc) is 3.26. The first kappa shape index (κ1) is 23.5. The fraction of sp³-hybridized carbons (Fsp3) is 0.120. The van der Waals surface area contributed by atoms with Crippen LogP contribution in [0.3, 0.4) is 0 Å². The van der Waals surface area contributed by atoms with Crippen LogP contribution in [0.1, 0.15) is 18.1 Å². The summed E-state index contributed by atoms with van der Waals surface area (Å²) in [6, 6.07) is 22.0. The summed E-state index contributed by atoms with van der Waals surface area (Å²) in [5.41, 5.74) is 6.90. The second-order valence-corrected chi connectivity index (χ2v) is 8.93. The zero-order valence-electron chi connectivity index (χ0n) is 18.6. The van der Waals surface area contributed by atoms with Gasteiger partial charge in [0.25, 0.3) is 5.91 Å². The molecule has 2 N–H and O–H groups in total. The molecule has 9 heteroatoms. The predicted octanol–water partition coefficient (Wildman–Crippen LogP) is 5.23. The summed E-state index contributed by atoms with van der Waals surface area (Å²) in [6.45, 7) is 3.81. The Labute approximate surface area is 206 Å². The number of aromatic hydroxyl groups is 1. The molecule has 4 rings (SSSR count). The van der Waals surface area contributed by atoms with E-state index in [9.17, 15) is 9.90 Å². The molecule has 0 unspecified atom stereocenters. The van der Waals surface area contributed by atoms with Gasteiger partial charge in [0.2, 0.25) is 0 Å². The first-order valence-corrected chi connectivity index (χ1v) is 11.8. The minimum absolute atomic E-state index is 0.103. The van der Waals surface area contributed by atoms with Crippen LogP contribution >= 0.6 is 23.4 Å². The SMILES string of the molecule is C/C(=N/NC(=O)CSc1nnc(-c2ccc(C)cc2)n1-c1ccc(Cl)cc1)c1ccc(O)cc1. The van der Waals surface area contributed by atoms with Crippen molar-refractivity contribution in [1.29, 1.82) is 0 Å². The number of hydrazone groups is 1. The van der Waals surface area contributed by atoms with Crippen molar-refractivity contribution in [2.45, 2.75) is 19.0 Å². The van der Waals surface area contributed by atoms with Crippen LogP contribution in [0.4, 0.5) is 0 Å². The number of aryl methyl sites for hydroxylation is 1. The fourth-order valence-electron chi connectivity index (χ4n) is 3.15. The topological polar surface area (TPSA) is 92.4 Å². The molecule has 0 aliphatic carbocycles. The van der Waals surface area contributed by atoms with E-state index in [1.54, 1.807) is 43.3 Å². The Hall–Kier alpha value is -3.62. The van der Waals surface area contributed by atoms with Crippen molar-refractivity contribution in [3.8, 4) is 22.8 Å². The number of carbonyl (C=O) groups excluding carboxylic acids is 1. The van der Waals surface area contributed by atoms with Gasteiger partial charge in [-0.3, -0.25) is 9.36 Å². The maximum atomic E-state index is 12.5. The second kappa shape index (κ2) is 10.5. The Balaban J connectivity index is 1.52. The lowest BCUT2D eigenvalue weighted by atomic mass is 10.1. The molecule has 0 saturated heterocycles. The third kappa shape index (κ3) is 5.65. The maximum Gasteiger partial charge on any atom is 0.250 e. The van der Waals surface area contributed by atoms with Gasteiger partial charge >= 0.3 is 0 Å². The Morgan fingerprint density at radius 1 is 1.03 bits per heavy atom. The fourth-order valence-corrected chi connectivity index (χ4v) is 4.02. The highest BCUT2D eigenvalue weighted by atomic mass is 35.5. The lowest BCUT2D eigenvalue weighted by Gasteiger charge is -2.10. The van der Waals surface area contributed by atoms with Gasteiger partial charge in [0, 0.05) is 16.3 Å². The van der Waals surface area contributed by atoms with Crippen LogP contribution in [-0.4, -0.2) is 37.2 Å². The van der Waals surface area contributed by atoms with Gasteiger partial charge in [-0.1, -0.05) is 53.2 Å². The number of aromatic nitrogens is 3. The van der Waals surface area contributed by atoms with Crippen molar-refractivity contribution in [2.24, 2.45) is 5.10 Å². The third-order valence-corrected chi connectivity index (χ3v) is 6.17. The summed E-state index contributed by atoms with van der Waals surface area (Å²) in [7, 11) is 0. The quantitative estimate of drug-likeness (QED) is 0.210. The zero-order chi connectivity index (χ0) is 24.1. The molecule has 0 aliphatic rings. The van der Waals surface area contributed by atoms with Gasteiger partial charge in [-0.2, -0.15) is 5.10 Å². The van der Waals surface area contributed by atoms with Gasteiger partial charge in [-0.15, -0.1) is 10.2 Å². The van der Waals surface area contributed by atoms with Crippen molar-refractivity contribution < 1.29 is 9.90 Å². The van der Waals surface area contributed by atoms with E-state index in [1.807, 2.05) is 47.9 Å². The van der Waals surface area contributed by atoms with Crippen molar-refractivity contribution in [3.63, 3.8) is 0 Å². The molecule has 0 radical (unpaired) electrons. The van der Waals surface area contributed by atoms with Gasteiger partial charge in [-0.25, -0.2) is 5.43 Å². The molecule has 34 heavy (non-hydrogen) atoms. The van der Waals surface area contributed by atoms with Crippen molar-refractivity contribution in [2.75, 3.05) is 5.75 Å². The minimum atomic E-state index is -0.273. The summed E-state index contributed by atoms with van der Waals surface area (Å²) < 4.78 is 1.91. The standard InChI is InChI=1S/C25H22ClN5O2S/c1-16-3-5-19(6-4-16)24-29-30-25(31(24)21-11-9-20(26)10-12-21)34-15-23(33)28-27-17(2)18-7-13-22(32)14-8-18/h3-14,32H,15H2,1-2H3,(H,28,33)/b27-17-. The van der Waals surface area contributed by atoms with Gasteiger partial charge in [-0.05, 0) is 67.9 Å². The molecule has 0 aliphatic heterocycles. The van der Waals surface area contributed by atoms with Gasteiger partial charge in [0.15, 0.2) is 11.0 Å². The number of rotatable bonds is 7. The van der Waals surface area contributed by atoms with Crippen LogP contribution in [0, 0.1) is 6.92 Å². The Bertz CT molecular complexity index is 1320. The normalized spacial score (nSPS) is 11.4. The first-order valence-electron chi connectivity index (χ1n) is 10.4. The van der Waals surface area contributed by atoms with Crippen LogP contribution in [0.5, 0.6) is 5.75 Å². The van der Waals surface area contributed by atoms with Gasteiger partial charge < -0.3 is 5.11 Å². The number of phenolic OH excluding ortho intramolecular Hbond substituents is 1. The predicted molar refractivity (Wildman–Crippen MR) is 136 cm³/mol. The average molecular weight is 492 g/mol. The molecule has 0 atom stereocenters. The maximum absolute atomic E-state index is 12.5. The Kier molecular flexibility index (Phi) is 7.30. The molecular formula is C25H22ClN5O2S. The number of phenols is 1. The number of hydrogen-bond acceptors (Lipinski definition) is 6. The van der Waals surface area contributed by atoms with Crippen molar-refractivity contribution >= 4 is 35.0 Å². The molecule has 3 aromatic carbocycles. The number of carbonyl (C=O) groups is 1. The Morgan fingerprint density at radius 2 is 1.71 bits per heavy atom. The largest absolute Gasteiger partial charge is 0.508 e. The van der Waals surface area contributed by atoms with Crippen molar-refractivity contribution in [3.05, 3.63) is 88.9 Å². The highest BCUT2D eigenvalue weighted by molar-refractivity contribution is 7.99. The van der Waals surface area contributed by atoms with Crippen LogP contribution in [-0.2, 0) is 4.79 Å². The second-order valence-electron chi connectivity index (χ2n) is 7.55. The van der Waals surface area contributed by atoms with Crippen molar-refractivity contribution in [1.82, 2.24) is 20.2 Å². The van der Waals surface area contributed by atoms with E-state index in [2.05, 4.69) is 20.7 Å². The molecule has 4 aromatic rings. The zero-order valence-corrected chi connectivity index (χ0v) is 20.1. The summed E-state index contributed by atoms with van der Waals surface area (Å²) in [5, 5.41) is 23.5. The molecule has 1 heterocycles. The third-order valence-electron chi connectivity index (χ3n) is 4.99. The van der Waals surface area contributed by atoms with Crippen LogP contribution in [0.25, 0.3) is 17.1 Å². The molecule has 0 bridgehead atoms. The van der Waals surface area contributed by atoms with Crippen LogP contribution in [0.15, 0.2) is 83.1 Å². The van der Waals surface area contributed by atoms with E-state index in [1.165, 1.54) is 11.8 Å². The van der Waals surface area contributed by atoms with E-state index >= 15 is 0 Å². The smallest absolute Gasteiger partial charge is 0.250 e. The summed E-state index contributed by atoms with van der Waals surface area (Å²) in [6.07, 6.45) is 0. The first-order chi connectivity index (χ1) is 16.4.